The van der Waals surface area contributed by atoms with Crippen LogP contribution in [-0.4, -0.2) is 10.1 Å². The summed E-state index contributed by atoms with van der Waals surface area (Å²) in [5.74, 6) is 0.330. The molecule has 0 radical (unpaired) electrons. The van der Waals surface area contributed by atoms with Crippen LogP contribution in [0.5, 0.6) is 5.75 Å². The van der Waals surface area contributed by atoms with E-state index in [1.807, 2.05) is 39.1 Å². The molecule has 0 saturated heterocycles. The molecule has 2 aromatic rings. The first-order chi connectivity index (χ1) is 11.0. The molecule has 0 amide bonds. The van der Waals surface area contributed by atoms with Gasteiger partial charge < -0.3 is 10.1 Å². The number of aryl methyl sites for hydroxylation is 1. The summed E-state index contributed by atoms with van der Waals surface area (Å²) in [4.78, 5) is 3.16. The topological polar surface area (TPSA) is 36.0 Å². The fourth-order valence-corrected chi connectivity index (χ4v) is 1.83. The van der Waals surface area contributed by atoms with Gasteiger partial charge in [0.05, 0.1) is 0 Å². The largest absolute Gasteiger partial charge is 0.508 e. The molecule has 0 fully saturated rings. The van der Waals surface area contributed by atoms with Gasteiger partial charge in [-0.25, -0.2) is 0 Å². The van der Waals surface area contributed by atoms with Crippen LogP contribution in [0.2, 0.25) is 0 Å². The van der Waals surface area contributed by atoms with E-state index < -0.39 is 0 Å². The minimum atomic E-state index is 0.330. The number of hydrogen-bond acceptors (Lipinski definition) is 1. The lowest BCUT2D eigenvalue weighted by Gasteiger charge is -1.94. The van der Waals surface area contributed by atoms with Gasteiger partial charge in [-0.3, -0.25) is 0 Å². The number of fused-ring (bicyclic) bond motifs is 1. The minimum absolute atomic E-state index is 0.330. The summed E-state index contributed by atoms with van der Waals surface area (Å²) in [6.07, 6.45) is 8.96. The summed E-state index contributed by atoms with van der Waals surface area (Å²) < 4.78 is 0. The standard InChI is InChI=1S/C10H11NO.C9H14.C2H6/c1-2-7-6-11-10-4-3-8(12)5-9(7)10;1-5-9(4)7-6-8(2)3;1-2/h3-6,11-12H,2H2,1H3;5-7H,1H2,2-4H3;1-2H3/b;9-7-;. The van der Waals surface area contributed by atoms with Gasteiger partial charge in [0, 0.05) is 17.1 Å². The number of allylic oxidation sites excluding steroid dienone is 5. The van der Waals surface area contributed by atoms with Crippen LogP contribution in [0.4, 0.5) is 0 Å². The minimum Gasteiger partial charge on any atom is -0.508 e. The maximum atomic E-state index is 9.25. The van der Waals surface area contributed by atoms with Gasteiger partial charge in [-0.05, 0) is 51.0 Å². The quantitative estimate of drug-likeness (QED) is 0.619. The second-order valence-corrected chi connectivity index (χ2v) is 5.26. The molecule has 2 nitrogen and oxygen atoms in total. The Hall–Kier alpha value is -2.22. The maximum Gasteiger partial charge on any atom is 0.116 e. The van der Waals surface area contributed by atoms with Crippen molar-refractivity contribution in [3.05, 3.63) is 65.9 Å². The SMILES string of the molecule is C=C/C(C)=C\C=C(C)C.CC.CCc1c[nH]c2ccc(O)cc12. The Morgan fingerprint density at radius 2 is 1.83 bits per heavy atom. The first-order valence-electron chi connectivity index (χ1n) is 8.21. The normalized spacial score (nSPS) is 10.1. The molecule has 1 aromatic heterocycles. The van der Waals surface area contributed by atoms with Crippen molar-refractivity contribution in [1.29, 1.82) is 0 Å². The summed E-state index contributed by atoms with van der Waals surface area (Å²) in [7, 11) is 0. The molecular formula is C21H31NO. The third-order valence-electron chi connectivity index (χ3n) is 3.13. The van der Waals surface area contributed by atoms with Crippen molar-refractivity contribution in [2.45, 2.75) is 48.0 Å². The third kappa shape index (κ3) is 7.55. The summed E-state index contributed by atoms with van der Waals surface area (Å²) in [5.41, 5.74) is 4.86. The molecule has 0 aliphatic heterocycles. The lowest BCUT2D eigenvalue weighted by molar-refractivity contribution is 0.476. The van der Waals surface area contributed by atoms with Crippen molar-refractivity contribution in [2.24, 2.45) is 0 Å². The lowest BCUT2D eigenvalue weighted by atomic mass is 10.1. The number of aromatic nitrogens is 1. The molecule has 0 unspecified atom stereocenters. The average molecular weight is 313 g/mol. The van der Waals surface area contributed by atoms with Crippen LogP contribution in [0.1, 0.15) is 47.1 Å². The first-order valence-corrected chi connectivity index (χ1v) is 8.21. The van der Waals surface area contributed by atoms with Gasteiger partial charge in [-0.2, -0.15) is 0 Å². The second-order valence-electron chi connectivity index (χ2n) is 5.26. The van der Waals surface area contributed by atoms with Crippen LogP contribution in [0.3, 0.4) is 0 Å². The Morgan fingerprint density at radius 1 is 1.17 bits per heavy atom. The fraction of sp³-hybridized carbons (Fsp3) is 0.333. The van der Waals surface area contributed by atoms with Gasteiger partial charge in [0.25, 0.3) is 0 Å². The van der Waals surface area contributed by atoms with Crippen molar-refractivity contribution < 1.29 is 5.11 Å². The average Bonchev–Trinajstić information content (AvgIpc) is 2.97. The highest BCUT2D eigenvalue weighted by atomic mass is 16.3. The molecular weight excluding hydrogens is 282 g/mol. The fourth-order valence-electron chi connectivity index (χ4n) is 1.83. The lowest BCUT2D eigenvalue weighted by Crippen LogP contribution is -1.74. The van der Waals surface area contributed by atoms with E-state index in [1.165, 1.54) is 16.7 Å². The van der Waals surface area contributed by atoms with Crippen LogP contribution in [-0.2, 0) is 6.42 Å². The zero-order chi connectivity index (χ0) is 17.8. The molecule has 1 aromatic carbocycles. The van der Waals surface area contributed by atoms with Crippen molar-refractivity contribution in [2.75, 3.05) is 0 Å². The summed E-state index contributed by atoms with van der Waals surface area (Å²) in [5, 5.41) is 10.4. The number of benzene rings is 1. The predicted molar refractivity (Wildman–Crippen MR) is 104 cm³/mol. The molecule has 0 aliphatic rings. The molecule has 126 valence electrons. The van der Waals surface area contributed by atoms with Crippen LogP contribution < -0.4 is 0 Å². The molecule has 0 bridgehead atoms. The molecule has 0 aliphatic carbocycles. The summed E-state index contributed by atoms with van der Waals surface area (Å²) >= 11 is 0. The summed E-state index contributed by atoms with van der Waals surface area (Å²) in [6.45, 7) is 15.9. The molecule has 2 rings (SSSR count). The maximum absolute atomic E-state index is 9.25. The van der Waals surface area contributed by atoms with Crippen LogP contribution in [0.15, 0.2) is 60.3 Å². The molecule has 0 spiro atoms. The number of phenolic OH excluding ortho intramolecular Hbond substituents is 1. The molecule has 0 atom stereocenters. The van der Waals surface area contributed by atoms with Gasteiger partial charge in [-0.1, -0.05) is 56.7 Å². The number of hydrogen-bond donors (Lipinski definition) is 2. The van der Waals surface area contributed by atoms with E-state index in [-0.39, 0.29) is 0 Å². The Labute approximate surface area is 141 Å². The van der Waals surface area contributed by atoms with E-state index >= 15 is 0 Å². The third-order valence-corrected chi connectivity index (χ3v) is 3.13. The van der Waals surface area contributed by atoms with E-state index in [0.717, 1.165) is 17.3 Å². The van der Waals surface area contributed by atoms with E-state index in [4.69, 9.17) is 0 Å². The zero-order valence-corrected chi connectivity index (χ0v) is 15.4. The molecule has 1 heterocycles. The van der Waals surface area contributed by atoms with Crippen LogP contribution in [0, 0.1) is 0 Å². The van der Waals surface area contributed by atoms with Crippen molar-refractivity contribution in [3.63, 3.8) is 0 Å². The van der Waals surface area contributed by atoms with Crippen LogP contribution >= 0.6 is 0 Å². The first kappa shape index (κ1) is 20.8. The Balaban J connectivity index is 0.000000396. The van der Waals surface area contributed by atoms with Crippen LogP contribution in [0.25, 0.3) is 10.9 Å². The molecule has 2 N–H and O–H groups in total. The summed E-state index contributed by atoms with van der Waals surface area (Å²) in [6, 6.07) is 5.38. The van der Waals surface area contributed by atoms with E-state index in [2.05, 4.69) is 44.5 Å². The zero-order valence-electron chi connectivity index (χ0n) is 15.4. The number of nitrogens with one attached hydrogen (secondary N) is 1. The number of phenols is 1. The highest BCUT2D eigenvalue weighted by Gasteiger charge is 2.01. The highest BCUT2D eigenvalue weighted by molar-refractivity contribution is 5.84. The van der Waals surface area contributed by atoms with E-state index in [1.54, 1.807) is 12.1 Å². The Bertz CT molecular complexity index is 656. The van der Waals surface area contributed by atoms with E-state index in [0.29, 0.717) is 5.75 Å². The predicted octanol–water partition coefficient (Wildman–Crippen LogP) is 6.55. The number of aromatic amines is 1. The molecule has 2 heteroatoms. The second kappa shape index (κ2) is 11.4. The smallest absolute Gasteiger partial charge is 0.116 e. The number of rotatable bonds is 3. The van der Waals surface area contributed by atoms with Gasteiger partial charge in [-0.15, -0.1) is 0 Å². The van der Waals surface area contributed by atoms with Gasteiger partial charge in [0.2, 0.25) is 0 Å². The van der Waals surface area contributed by atoms with Gasteiger partial charge in [0.1, 0.15) is 5.75 Å². The number of H-pyrrole nitrogens is 1. The molecule has 0 saturated carbocycles. The van der Waals surface area contributed by atoms with Crippen molar-refractivity contribution >= 4 is 10.9 Å². The van der Waals surface area contributed by atoms with Crippen molar-refractivity contribution in [3.8, 4) is 5.75 Å². The van der Waals surface area contributed by atoms with E-state index in [9.17, 15) is 5.11 Å². The van der Waals surface area contributed by atoms with Gasteiger partial charge >= 0.3 is 0 Å². The Morgan fingerprint density at radius 3 is 2.35 bits per heavy atom. The Kier molecular flexibility index (Phi) is 10.3. The molecule has 23 heavy (non-hydrogen) atoms. The monoisotopic (exact) mass is 313 g/mol. The van der Waals surface area contributed by atoms with Crippen molar-refractivity contribution in [1.82, 2.24) is 4.98 Å². The van der Waals surface area contributed by atoms with Gasteiger partial charge in [0.15, 0.2) is 0 Å². The number of aromatic hydroxyl groups is 1. The highest BCUT2D eigenvalue weighted by Crippen LogP contribution is 2.22.